The largest absolute Gasteiger partial charge is 0.506 e. The summed E-state index contributed by atoms with van der Waals surface area (Å²) in [6.45, 7) is -0.947. The number of hydrogen-bond acceptors (Lipinski definition) is 14. The molecule has 0 bridgehead atoms. The standard InChI is InChI=1S/C21H21N3O15S4/c25-17-4-2-14(40(28,29)8-6-39-43(36,37)38)11-16(17)23-24-20-18(42(33,34)35)10-12-9-13(1-3-15(12)21(20)27)22-19(26)5-7-41(30,31)32/h1-4,9-11,25,27H,5-8H2,(H,22,26)(H,30,31,32)(H,33,34,35)(H,36,37,38). The van der Waals surface area contributed by atoms with Crippen molar-refractivity contribution in [1.82, 2.24) is 0 Å². The number of phenols is 2. The van der Waals surface area contributed by atoms with Gasteiger partial charge in [0.2, 0.25) is 5.91 Å². The monoisotopic (exact) mass is 683 g/mol. The molecule has 3 aromatic rings. The molecule has 0 fully saturated rings. The molecule has 43 heavy (non-hydrogen) atoms. The van der Waals surface area contributed by atoms with Crippen molar-refractivity contribution in [3.63, 3.8) is 0 Å². The van der Waals surface area contributed by atoms with Gasteiger partial charge in [-0.1, -0.05) is 0 Å². The number of carbonyl (C=O) groups is 1. The summed E-state index contributed by atoms with van der Waals surface area (Å²) in [6, 6.07) is 7.05. The van der Waals surface area contributed by atoms with Crippen LogP contribution in [-0.2, 0) is 49.5 Å². The van der Waals surface area contributed by atoms with Crippen LogP contribution in [0.3, 0.4) is 0 Å². The maximum atomic E-state index is 12.5. The van der Waals surface area contributed by atoms with Gasteiger partial charge in [-0.15, -0.1) is 10.2 Å². The predicted octanol–water partition coefficient (Wildman–Crippen LogP) is 1.72. The minimum atomic E-state index is -5.11. The number of phenolic OH excluding ortho intramolecular Hbond substituents is 2. The maximum Gasteiger partial charge on any atom is 0.397 e. The summed E-state index contributed by atoms with van der Waals surface area (Å²) < 4.78 is 123. The Morgan fingerprint density at radius 2 is 1.51 bits per heavy atom. The predicted molar refractivity (Wildman–Crippen MR) is 147 cm³/mol. The van der Waals surface area contributed by atoms with Crippen LogP contribution in [0.2, 0.25) is 0 Å². The fourth-order valence-corrected chi connectivity index (χ4v) is 6.02. The Morgan fingerprint density at radius 3 is 2.12 bits per heavy atom. The number of hydrogen-bond donors (Lipinski definition) is 6. The van der Waals surface area contributed by atoms with E-state index in [4.69, 9.17) is 9.11 Å². The molecule has 3 rings (SSSR count). The fourth-order valence-electron chi connectivity index (χ4n) is 3.42. The van der Waals surface area contributed by atoms with Crippen molar-refractivity contribution in [2.45, 2.75) is 16.2 Å². The highest BCUT2D eigenvalue weighted by molar-refractivity contribution is 7.91. The number of nitrogens with zero attached hydrogens (tertiary/aromatic N) is 2. The number of rotatable bonds is 12. The molecule has 0 aliphatic heterocycles. The molecule has 0 aliphatic rings. The molecule has 0 atom stereocenters. The summed E-state index contributed by atoms with van der Waals surface area (Å²) in [6.07, 6.45) is -0.606. The first-order chi connectivity index (χ1) is 19.7. The molecule has 0 saturated carbocycles. The van der Waals surface area contributed by atoms with Crippen molar-refractivity contribution >= 4 is 74.2 Å². The van der Waals surface area contributed by atoms with Gasteiger partial charge in [0, 0.05) is 17.5 Å². The molecule has 3 aromatic carbocycles. The molecule has 0 spiro atoms. The molecular formula is C21H21N3O15S4. The Kier molecular flexibility index (Phi) is 9.77. The smallest absolute Gasteiger partial charge is 0.397 e. The van der Waals surface area contributed by atoms with E-state index in [9.17, 15) is 53.2 Å². The highest BCUT2D eigenvalue weighted by Crippen LogP contribution is 2.42. The van der Waals surface area contributed by atoms with Crippen LogP contribution in [0.4, 0.5) is 17.1 Å². The maximum absolute atomic E-state index is 12.5. The zero-order valence-corrected chi connectivity index (χ0v) is 24.5. The molecule has 1 amide bonds. The second-order valence-electron chi connectivity index (χ2n) is 8.49. The van der Waals surface area contributed by atoms with Crippen LogP contribution >= 0.6 is 0 Å². The van der Waals surface area contributed by atoms with Crippen LogP contribution in [0, 0.1) is 0 Å². The van der Waals surface area contributed by atoms with Crippen molar-refractivity contribution in [2.24, 2.45) is 10.2 Å². The molecule has 6 N–H and O–H groups in total. The highest BCUT2D eigenvalue weighted by atomic mass is 32.3. The van der Waals surface area contributed by atoms with Gasteiger partial charge in [0.05, 0.1) is 23.0 Å². The second-order valence-corrected chi connectivity index (χ2v) is 14.6. The lowest BCUT2D eigenvalue weighted by Gasteiger charge is -2.11. The van der Waals surface area contributed by atoms with Crippen LogP contribution in [0.1, 0.15) is 6.42 Å². The van der Waals surface area contributed by atoms with Gasteiger partial charge in [0.25, 0.3) is 20.2 Å². The van der Waals surface area contributed by atoms with Crippen molar-refractivity contribution in [1.29, 1.82) is 0 Å². The molecule has 0 saturated heterocycles. The van der Waals surface area contributed by atoms with E-state index >= 15 is 0 Å². The van der Waals surface area contributed by atoms with E-state index in [1.807, 2.05) is 0 Å². The van der Waals surface area contributed by atoms with Gasteiger partial charge in [0.1, 0.15) is 22.0 Å². The molecule has 22 heteroatoms. The molecule has 0 aromatic heterocycles. The zero-order chi connectivity index (χ0) is 32.4. The minimum Gasteiger partial charge on any atom is -0.506 e. The quantitative estimate of drug-likeness (QED) is 0.117. The van der Waals surface area contributed by atoms with Crippen molar-refractivity contribution in [3.05, 3.63) is 42.5 Å². The molecule has 18 nitrogen and oxygen atoms in total. The third kappa shape index (κ3) is 9.36. The Bertz CT molecular complexity index is 2060. The lowest BCUT2D eigenvalue weighted by Crippen LogP contribution is -2.16. The van der Waals surface area contributed by atoms with Crippen LogP contribution in [-0.4, -0.2) is 81.6 Å². The molecule has 234 valence electrons. The number of benzene rings is 3. The Labute approximate surface area is 244 Å². The first-order valence-corrected chi connectivity index (χ1v) is 17.3. The summed E-state index contributed by atoms with van der Waals surface area (Å²) in [5.74, 6) is -4.10. The Balaban J connectivity index is 2.00. The SMILES string of the molecule is O=C(CCS(=O)(=O)O)Nc1ccc2c(O)c(N=Nc3cc(S(=O)(=O)CCOS(=O)(=O)O)ccc3O)c(S(=O)(=O)O)cc2c1. The third-order valence-electron chi connectivity index (χ3n) is 5.35. The van der Waals surface area contributed by atoms with E-state index in [0.29, 0.717) is 0 Å². The number of fused-ring (bicyclic) bond motifs is 1. The Morgan fingerprint density at radius 1 is 0.837 bits per heavy atom. The number of aromatic hydroxyl groups is 2. The molecule has 0 heterocycles. The van der Waals surface area contributed by atoms with Gasteiger partial charge in [0.15, 0.2) is 15.6 Å². The first kappa shape index (κ1) is 33.7. The minimum absolute atomic E-state index is 0.0211. The summed E-state index contributed by atoms with van der Waals surface area (Å²) in [5.41, 5.74) is -1.36. The van der Waals surface area contributed by atoms with E-state index in [-0.39, 0.29) is 16.5 Å². The number of amides is 1. The highest BCUT2D eigenvalue weighted by Gasteiger charge is 2.23. The van der Waals surface area contributed by atoms with E-state index in [0.717, 1.165) is 24.3 Å². The van der Waals surface area contributed by atoms with Crippen LogP contribution in [0.25, 0.3) is 10.8 Å². The topological polar surface area (TPSA) is 301 Å². The number of carbonyl (C=O) groups excluding carboxylic acids is 1. The van der Waals surface area contributed by atoms with Crippen LogP contribution < -0.4 is 5.32 Å². The Hall–Kier alpha value is -3.77. The first-order valence-electron chi connectivity index (χ1n) is 11.3. The number of sulfone groups is 1. The van der Waals surface area contributed by atoms with Gasteiger partial charge in [-0.3, -0.25) is 18.5 Å². The third-order valence-corrected chi connectivity index (χ3v) is 9.08. The number of anilines is 1. The van der Waals surface area contributed by atoms with Crippen molar-refractivity contribution < 1.29 is 66.5 Å². The van der Waals surface area contributed by atoms with Crippen LogP contribution in [0.15, 0.2) is 62.5 Å². The van der Waals surface area contributed by atoms with Gasteiger partial charge in [-0.05, 0) is 47.9 Å². The van der Waals surface area contributed by atoms with Crippen molar-refractivity contribution in [2.75, 3.05) is 23.4 Å². The summed E-state index contributed by atoms with van der Waals surface area (Å²) >= 11 is 0. The molecule has 0 unspecified atom stereocenters. The van der Waals surface area contributed by atoms with Gasteiger partial charge in [-0.25, -0.2) is 12.6 Å². The molecular weight excluding hydrogens is 663 g/mol. The van der Waals surface area contributed by atoms with E-state index in [1.165, 1.54) is 18.2 Å². The van der Waals surface area contributed by atoms with Gasteiger partial charge < -0.3 is 15.5 Å². The van der Waals surface area contributed by atoms with E-state index in [2.05, 4.69) is 19.7 Å². The van der Waals surface area contributed by atoms with E-state index in [1.54, 1.807) is 0 Å². The lowest BCUT2D eigenvalue weighted by atomic mass is 10.1. The fraction of sp³-hybridized carbons (Fsp3) is 0.190. The van der Waals surface area contributed by atoms with E-state index < -0.39 is 104 Å². The lowest BCUT2D eigenvalue weighted by molar-refractivity contribution is -0.115. The van der Waals surface area contributed by atoms with Crippen molar-refractivity contribution in [3.8, 4) is 11.5 Å². The molecule has 0 radical (unpaired) electrons. The second kappa shape index (κ2) is 12.5. The van der Waals surface area contributed by atoms with Gasteiger partial charge in [-0.2, -0.15) is 25.3 Å². The average Bonchev–Trinajstić information content (AvgIpc) is 2.85. The normalized spacial score (nSPS) is 13.0. The molecule has 0 aliphatic carbocycles. The summed E-state index contributed by atoms with van der Waals surface area (Å²) in [7, 11) is -18.7. The van der Waals surface area contributed by atoms with Crippen LogP contribution in [0.5, 0.6) is 11.5 Å². The zero-order valence-electron chi connectivity index (χ0n) is 21.2. The number of azo groups is 1. The van der Waals surface area contributed by atoms with Gasteiger partial charge >= 0.3 is 10.4 Å². The summed E-state index contributed by atoms with van der Waals surface area (Å²) in [5, 5.41) is 30.3. The summed E-state index contributed by atoms with van der Waals surface area (Å²) in [4.78, 5) is 10.5. The number of nitrogens with one attached hydrogen (secondary N) is 1. The average molecular weight is 684 g/mol.